The zero-order valence-corrected chi connectivity index (χ0v) is 14.2. The van der Waals surface area contributed by atoms with Gasteiger partial charge in [-0.2, -0.15) is 13.2 Å². The van der Waals surface area contributed by atoms with Gasteiger partial charge in [-0.25, -0.2) is 0 Å². The Morgan fingerprint density at radius 1 is 1.29 bits per heavy atom. The number of nitrogens with zero attached hydrogens (tertiary/aromatic N) is 1. The zero-order chi connectivity index (χ0) is 14.8. The van der Waals surface area contributed by atoms with E-state index < -0.39 is 11.7 Å². The second kappa shape index (κ2) is 7.33. The Morgan fingerprint density at radius 2 is 1.86 bits per heavy atom. The highest BCUT2D eigenvalue weighted by atomic mass is 127. The van der Waals surface area contributed by atoms with Gasteiger partial charge in [0.05, 0.1) is 5.56 Å². The van der Waals surface area contributed by atoms with Gasteiger partial charge in [0.1, 0.15) is 0 Å². The van der Waals surface area contributed by atoms with Crippen LogP contribution in [0, 0.1) is 5.92 Å². The number of hydrogen-bond donors (Lipinski definition) is 2. The topological polar surface area (TPSA) is 36.4 Å². The molecule has 1 aromatic rings. The summed E-state index contributed by atoms with van der Waals surface area (Å²) in [7, 11) is 1.68. The fourth-order valence-electron chi connectivity index (χ4n) is 1.89. The molecular formula is C14H19F3IN3. The maximum atomic E-state index is 12.4. The summed E-state index contributed by atoms with van der Waals surface area (Å²) in [5, 5.41) is 6.35. The van der Waals surface area contributed by atoms with Crippen LogP contribution in [0.15, 0.2) is 29.3 Å². The summed E-state index contributed by atoms with van der Waals surface area (Å²) in [5.41, 5.74) is 0.153. The van der Waals surface area contributed by atoms with Crippen molar-refractivity contribution in [3.63, 3.8) is 0 Å². The number of alkyl halides is 3. The van der Waals surface area contributed by atoms with Crippen molar-refractivity contribution in [3.8, 4) is 0 Å². The summed E-state index contributed by atoms with van der Waals surface area (Å²) in [6.45, 7) is 2.60. The molecule has 0 radical (unpaired) electrons. The summed E-state index contributed by atoms with van der Waals surface area (Å²) in [6.07, 6.45) is -3.16. The summed E-state index contributed by atoms with van der Waals surface area (Å²) >= 11 is 0. The molecule has 1 aliphatic carbocycles. The highest BCUT2D eigenvalue weighted by Gasteiger charge is 2.33. The van der Waals surface area contributed by atoms with Crippen molar-refractivity contribution in [1.29, 1.82) is 0 Å². The van der Waals surface area contributed by atoms with Crippen LogP contribution >= 0.6 is 24.0 Å². The van der Waals surface area contributed by atoms with Gasteiger partial charge in [0.15, 0.2) is 5.96 Å². The normalized spacial score (nSPS) is 21.5. The average molecular weight is 413 g/mol. The van der Waals surface area contributed by atoms with Gasteiger partial charge in [-0.15, -0.1) is 24.0 Å². The van der Waals surface area contributed by atoms with E-state index in [4.69, 9.17) is 0 Å². The van der Waals surface area contributed by atoms with E-state index in [0.717, 1.165) is 24.1 Å². The molecule has 7 heteroatoms. The molecule has 0 heterocycles. The van der Waals surface area contributed by atoms with Gasteiger partial charge in [-0.3, -0.25) is 4.99 Å². The summed E-state index contributed by atoms with van der Waals surface area (Å²) in [5.74, 6) is 1.33. The number of hydrogen-bond acceptors (Lipinski definition) is 1. The van der Waals surface area contributed by atoms with Crippen LogP contribution in [0.2, 0.25) is 0 Å². The summed E-state index contributed by atoms with van der Waals surface area (Å²) in [4.78, 5) is 4.09. The molecule has 1 aromatic carbocycles. The molecule has 0 bridgehead atoms. The summed E-state index contributed by atoms with van der Waals surface area (Å²) < 4.78 is 37.3. The highest BCUT2D eigenvalue weighted by Crippen LogP contribution is 2.29. The number of nitrogens with one attached hydrogen (secondary N) is 2. The largest absolute Gasteiger partial charge is 0.416 e. The number of rotatable bonds is 3. The Labute approximate surface area is 139 Å². The fraction of sp³-hybridized carbons (Fsp3) is 0.500. The van der Waals surface area contributed by atoms with Crippen molar-refractivity contribution < 1.29 is 13.2 Å². The van der Waals surface area contributed by atoms with Crippen LogP contribution in [0.1, 0.15) is 24.5 Å². The lowest BCUT2D eigenvalue weighted by atomic mass is 10.1. The third-order valence-electron chi connectivity index (χ3n) is 3.40. The first kappa shape index (κ1) is 18.1. The minimum absolute atomic E-state index is 0. The van der Waals surface area contributed by atoms with E-state index in [1.807, 2.05) is 0 Å². The van der Waals surface area contributed by atoms with Crippen LogP contribution in [0.3, 0.4) is 0 Å². The van der Waals surface area contributed by atoms with E-state index in [0.29, 0.717) is 24.5 Å². The van der Waals surface area contributed by atoms with Crippen LogP contribution in [0.4, 0.5) is 13.2 Å². The standard InChI is InChI=1S/C14H18F3N3.HI/c1-9-7-12(9)20-13(18-2)19-8-10-3-5-11(6-4-10)14(15,16)17;/h3-6,9,12H,7-8H2,1-2H3,(H2,18,19,20);1H. The number of halogens is 4. The van der Waals surface area contributed by atoms with Gasteiger partial charge in [0.2, 0.25) is 0 Å². The van der Waals surface area contributed by atoms with Crippen LogP contribution in [-0.2, 0) is 12.7 Å². The first-order valence-electron chi connectivity index (χ1n) is 6.53. The third kappa shape index (κ3) is 5.37. The lowest BCUT2D eigenvalue weighted by Crippen LogP contribution is -2.38. The Hall–Kier alpha value is -0.990. The second-order valence-electron chi connectivity index (χ2n) is 5.08. The molecule has 1 saturated carbocycles. The van der Waals surface area contributed by atoms with Crippen LogP contribution < -0.4 is 10.6 Å². The van der Waals surface area contributed by atoms with Gasteiger partial charge in [-0.1, -0.05) is 19.1 Å². The maximum absolute atomic E-state index is 12.4. The first-order valence-corrected chi connectivity index (χ1v) is 6.53. The molecule has 118 valence electrons. The lowest BCUT2D eigenvalue weighted by molar-refractivity contribution is -0.137. The van der Waals surface area contributed by atoms with Gasteiger partial charge in [0, 0.05) is 19.6 Å². The lowest BCUT2D eigenvalue weighted by Gasteiger charge is -2.12. The molecule has 0 aromatic heterocycles. The molecule has 1 aliphatic rings. The van der Waals surface area contributed by atoms with Gasteiger partial charge >= 0.3 is 6.18 Å². The monoisotopic (exact) mass is 413 g/mol. The van der Waals surface area contributed by atoms with Gasteiger partial charge < -0.3 is 10.6 Å². The Morgan fingerprint density at radius 3 is 2.29 bits per heavy atom. The number of aliphatic imine (C=N–C) groups is 1. The van der Waals surface area contributed by atoms with E-state index in [1.165, 1.54) is 12.1 Å². The molecule has 0 amide bonds. The van der Waals surface area contributed by atoms with Gasteiger partial charge in [-0.05, 0) is 30.0 Å². The van der Waals surface area contributed by atoms with E-state index in [9.17, 15) is 13.2 Å². The van der Waals surface area contributed by atoms with E-state index in [1.54, 1.807) is 7.05 Å². The molecule has 0 aliphatic heterocycles. The number of benzene rings is 1. The SMILES string of the molecule is CN=C(NCc1ccc(C(F)(F)F)cc1)NC1CC1C.I. The van der Waals surface area contributed by atoms with Crippen LogP contribution in [-0.4, -0.2) is 19.0 Å². The maximum Gasteiger partial charge on any atom is 0.416 e. The Kier molecular flexibility index (Phi) is 6.30. The predicted molar refractivity (Wildman–Crippen MR) is 87.8 cm³/mol. The van der Waals surface area contributed by atoms with E-state index in [2.05, 4.69) is 22.5 Å². The van der Waals surface area contributed by atoms with Crippen molar-refractivity contribution in [2.24, 2.45) is 10.9 Å². The molecular weight excluding hydrogens is 394 g/mol. The quantitative estimate of drug-likeness (QED) is 0.453. The fourth-order valence-corrected chi connectivity index (χ4v) is 1.89. The molecule has 2 rings (SSSR count). The van der Waals surface area contributed by atoms with Crippen molar-refractivity contribution in [2.45, 2.75) is 32.1 Å². The van der Waals surface area contributed by atoms with E-state index in [-0.39, 0.29) is 24.0 Å². The number of guanidine groups is 1. The highest BCUT2D eigenvalue weighted by molar-refractivity contribution is 14.0. The van der Waals surface area contributed by atoms with Crippen LogP contribution in [0.25, 0.3) is 0 Å². The minimum Gasteiger partial charge on any atom is -0.353 e. The molecule has 2 N–H and O–H groups in total. The molecule has 21 heavy (non-hydrogen) atoms. The zero-order valence-electron chi connectivity index (χ0n) is 11.9. The molecule has 2 atom stereocenters. The Bertz CT molecular complexity index is 485. The molecule has 3 nitrogen and oxygen atoms in total. The first-order chi connectivity index (χ1) is 9.40. The molecule has 0 spiro atoms. The van der Waals surface area contributed by atoms with Crippen LogP contribution in [0.5, 0.6) is 0 Å². The Balaban J connectivity index is 0.00000220. The smallest absolute Gasteiger partial charge is 0.353 e. The minimum atomic E-state index is -4.29. The van der Waals surface area contributed by atoms with Crippen molar-refractivity contribution in [1.82, 2.24) is 10.6 Å². The van der Waals surface area contributed by atoms with Gasteiger partial charge in [0.25, 0.3) is 0 Å². The third-order valence-corrected chi connectivity index (χ3v) is 3.40. The average Bonchev–Trinajstić information content (AvgIpc) is 3.09. The molecule has 0 saturated heterocycles. The summed E-state index contributed by atoms with van der Waals surface area (Å²) in [6, 6.07) is 5.59. The predicted octanol–water partition coefficient (Wildman–Crippen LogP) is 3.40. The van der Waals surface area contributed by atoms with Crippen molar-refractivity contribution in [2.75, 3.05) is 7.05 Å². The van der Waals surface area contributed by atoms with Crippen molar-refractivity contribution in [3.05, 3.63) is 35.4 Å². The second-order valence-corrected chi connectivity index (χ2v) is 5.08. The molecule has 1 fully saturated rings. The molecule has 2 unspecified atom stereocenters. The van der Waals surface area contributed by atoms with Crippen molar-refractivity contribution >= 4 is 29.9 Å². The van der Waals surface area contributed by atoms with E-state index >= 15 is 0 Å².